The lowest BCUT2D eigenvalue weighted by Crippen LogP contribution is -2.26. The Hall–Kier alpha value is -2.73. The van der Waals surface area contributed by atoms with Crippen LogP contribution in [0.5, 0.6) is 17.2 Å². The first-order chi connectivity index (χ1) is 12.9. The van der Waals surface area contributed by atoms with Gasteiger partial charge in [-0.25, -0.2) is 0 Å². The molecule has 0 saturated carbocycles. The van der Waals surface area contributed by atoms with Crippen molar-refractivity contribution < 1.29 is 19.0 Å². The van der Waals surface area contributed by atoms with Crippen molar-refractivity contribution in [3.8, 4) is 17.2 Å². The second-order valence-electron chi connectivity index (χ2n) is 6.49. The van der Waals surface area contributed by atoms with E-state index >= 15 is 0 Å². The van der Waals surface area contributed by atoms with Crippen LogP contribution in [0.25, 0.3) is 0 Å². The smallest absolute Gasteiger partial charge is 0.251 e. The molecule has 1 unspecified atom stereocenters. The first-order valence-electron chi connectivity index (χ1n) is 8.85. The normalized spacial score (nSPS) is 11.8. The number of methoxy groups -OCH3 is 2. The van der Waals surface area contributed by atoms with Crippen LogP contribution in [0, 0.1) is 0 Å². The number of benzene rings is 2. The number of nitrogens with zero attached hydrogens (tertiary/aromatic N) is 1. The van der Waals surface area contributed by atoms with Gasteiger partial charge in [-0.1, -0.05) is 12.1 Å². The Morgan fingerprint density at radius 1 is 1.04 bits per heavy atom. The van der Waals surface area contributed by atoms with E-state index in [9.17, 15) is 4.79 Å². The van der Waals surface area contributed by atoms with Crippen LogP contribution in [0.4, 0.5) is 0 Å². The summed E-state index contributed by atoms with van der Waals surface area (Å²) in [5.74, 6) is 1.76. The topological polar surface area (TPSA) is 60.0 Å². The zero-order valence-electron chi connectivity index (χ0n) is 16.6. The van der Waals surface area contributed by atoms with Gasteiger partial charge in [0.15, 0.2) is 11.5 Å². The third-order valence-electron chi connectivity index (χ3n) is 4.18. The van der Waals surface area contributed by atoms with Crippen LogP contribution in [-0.4, -0.2) is 52.3 Å². The standard InChI is InChI=1S/C21H28N2O4/c1-15(16-6-9-18(10-7-16)27-13-12-23(2)3)22-21(24)17-8-11-19(25-4)20(14-17)26-5/h6-11,14-15H,12-13H2,1-5H3,(H,22,24). The maximum absolute atomic E-state index is 12.5. The Kier molecular flexibility index (Phi) is 7.49. The monoisotopic (exact) mass is 372 g/mol. The van der Waals surface area contributed by atoms with Gasteiger partial charge < -0.3 is 24.4 Å². The van der Waals surface area contributed by atoms with Crippen molar-refractivity contribution in [2.24, 2.45) is 0 Å². The zero-order chi connectivity index (χ0) is 19.8. The minimum Gasteiger partial charge on any atom is -0.493 e. The first-order valence-corrected chi connectivity index (χ1v) is 8.85. The SMILES string of the molecule is COc1ccc(C(=O)NC(C)c2ccc(OCCN(C)C)cc2)cc1OC. The van der Waals surface area contributed by atoms with Crippen molar-refractivity contribution in [1.82, 2.24) is 10.2 Å². The second kappa shape index (κ2) is 9.83. The van der Waals surface area contributed by atoms with Gasteiger partial charge in [0.25, 0.3) is 5.91 Å². The molecule has 1 amide bonds. The van der Waals surface area contributed by atoms with E-state index in [4.69, 9.17) is 14.2 Å². The lowest BCUT2D eigenvalue weighted by molar-refractivity contribution is 0.0939. The number of carbonyl (C=O) groups excluding carboxylic acids is 1. The van der Waals surface area contributed by atoms with Gasteiger partial charge in [0.1, 0.15) is 12.4 Å². The van der Waals surface area contributed by atoms with E-state index in [1.54, 1.807) is 32.4 Å². The van der Waals surface area contributed by atoms with Crippen molar-refractivity contribution >= 4 is 5.91 Å². The van der Waals surface area contributed by atoms with Crippen LogP contribution in [0.2, 0.25) is 0 Å². The number of nitrogens with one attached hydrogen (secondary N) is 1. The van der Waals surface area contributed by atoms with E-state index in [0.29, 0.717) is 23.7 Å². The summed E-state index contributed by atoms with van der Waals surface area (Å²) in [4.78, 5) is 14.6. The molecule has 0 bridgehead atoms. The second-order valence-corrected chi connectivity index (χ2v) is 6.49. The van der Waals surface area contributed by atoms with Crippen LogP contribution >= 0.6 is 0 Å². The molecule has 0 fully saturated rings. The third kappa shape index (κ3) is 5.89. The number of rotatable bonds is 9. The number of ether oxygens (including phenoxy) is 3. The highest BCUT2D eigenvalue weighted by molar-refractivity contribution is 5.95. The number of amides is 1. The first kappa shape index (κ1) is 20.6. The van der Waals surface area contributed by atoms with Crippen LogP contribution in [0.15, 0.2) is 42.5 Å². The summed E-state index contributed by atoms with van der Waals surface area (Å²) in [7, 11) is 7.13. The highest BCUT2D eigenvalue weighted by atomic mass is 16.5. The Bertz CT molecular complexity index is 744. The molecule has 0 aliphatic rings. The fraction of sp³-hybridized carbons (Fsp3) is 0.381. The summed E-state index contributed by atoms with van der Waals surface area (Å²) < 4.78 is 16.2. The Morgan fingerprint density at radius 3 is 2.30 bits per heavy atom. The van der Waals surface area contributed by atoms with Crippen molar-refractivity contribution in [2.45, 2.75) is 13.0 Å². The van der Waals surface area contributed by atoms with Crippen LogP contribution in [0.1, 0.15) is 28.9 Å². The third-order valence-corrected chi connectivity index (χ3v) is 4.18. The molecule has 0 radical (unpaired) electrons. The number of hydrogen-bond donors (Lipinski definition) is 1. The molecule has 146 valence electrons. The van der Waals surface area contributed by atoms with Gasteiger partial charge in [-0.2, -0.15) is 0 Å². The summed E-state index contributed by atoms with van der Waals surface area (Å²) in [6, 6.07) is 12.7. The van der Waals surface area contributed by atoms with Gasteiger partial charge in [-0.15, -0.1) is 0 Å². The van der Waals surface area contributed by atoms with Crippen LogP contribution < -0.4 is 19.5 Å². The van der Waals surface area contributed by atoms with E-state index in [2.05, 4.69) is 10.2 Å². The Labute approximate surface area is 161 Å². The molecule has 0 aliphatic carbocycles. The van der Waals surface area contributed by atoms with E-state index < -0.39 is 0 Å². The highest BCUT2D eigenvalue weighted by Crippen LogP contribution is 2.28. The summed E-state index contributed by atoms with van der Waals surface area (Å²) in [5, 5.41) is 3.00. The van der Waals surface area contributed by atoms with Crippen molar-refractivity contribution in [3.63, 3.8) is 0 Å². The van der Waals surface area contributed by atoms with Gasteiger partial charge in [0, 0.05) is 12.1 Å². The lowest BCUT2D eigenvalue weighted by atomic mass is 10.1. The molecule has 2 aromatic carbocycles. The van der Waals surface area contributed by atoms with E-state index in [1.807, 2.05) is 45.3 Å². The minimum absolute atomic E-state index is 0.138. The van der Waals surface area contributed by atoms with E-state index in [1.165, 1.54) is 0 Å². The lowest BCUT2D eigenvalue weighted by Gasteiger charge is -2.16. The number of hydrogen-bond acceptors (Lipinski definition) is 5. The van der Waals surface area contributed by atoms with Gasteiger partial charge in [-0.3, -0.25) is 4.79 Å². The molecular formula is C21H28N2O4. The largest absolute Gasteiger partial charge is 0.493 e. The maximum Gasteiger partial charge on any atom is 0.251 e. The number of carbonyl (C=O) groups is 1. The molecule has 0 spiro atoms. The average Bonchev–Trinajstić information content (AvgIpc) is 2.67. The van der Waals surface area contributed by atoms with Crippen LogP contribution in [0.3, 0.4) is 0 Å². The number of likely N-dealkylation sites (N-methyl/N-ethyl adjacent to an activating group) is 1. The Balaban J connectivity index is 1.97. The predicted molar refractivity (Wildman–Crippen MR) is 106 cm³/mol. The molecule has 0 saturated heterocycles. The minimum atomic E-state index is -0.172. The molecule has 6 heteroatoms. The molecule has 1 N–H and O–H groups in total. The fourth-order valence-corrected chi connectivity index (χ4v) is 2.54. The summed E-state index contributed by atoms with van der Waals surface area (Å²) in [6.45, 7) is 3.44. The zero-order valence-corrected chi connectivity index (χ0v) is 16.6. The summed E-state index contributed by atoms with van der Waals surface area (Å²) in [5.41, 5.74) is 1.52. The van der Waals surface area contributed by atoms with Gasteiger partial charge in [-0.05, 0) is 56.9 Å². The predicted octanol–water partition coefficient (Wildman–Crippen LogP) is 3.14. The maximum atomic E-state index is 12.5. The molecule has 1 atom stereocenters. The highest BCUT2D eigenvalue weighted by Gasteiger charge is 2.14. The summed E-state index contributed by atoms with van der Waals surface area (Å²) >= 11 is 0. The van der Waals surface area contributed by atoms with Crippen molar-refractivity contribution in [2.75, 3.05) is 41.5 Å². The summed E-state index contributed by atoms with van der Waals surface area (Å²) in [6.07, 6.45) is 0. The van der Waals surface area contributed by atoms with Gasteiger partial charge >= 0.3 is 0 Å². The van der Waals surface area contributed by atoms with E-state index in [-0.39, 0.29) is 11.9 Å². The molecule has 0 aliphatic heterocycles. The van der Waals surface area contributed by atoms with Gasteiger partial charge in [0.2, 0.25) is 0 Å². The molecule has 6 nitrogen and oxygen atoms in total. The van der Waals surface area contributed by atoms with Crippen molar-refractivity contribution in [1.29, 1.82) is 0 Å². The fourth-order valence-electron chi connectivity index (χ4n) is 2.54. The van der Waals surface area contributed by atoms with Crippen LogP contribution in [-0.2, 0) is 0 Å². The Morgan fingerprint density at radius 2 is 1.70 bits per heavy atom. The van der Waals surface area contributed by atoms with Crippen molar-refractivity contribution in [3.05, 3.63) is 53.6 Å². The molecular weight excluding hydrogens is 344 g/mol. The molecule has 2 aromatic rings. The quantitative estimate of drug-likeness (QED) is 0.733. The molecule has 27 heavy (non-hydrogen) atoms. The molecule has 2 rings (SSSR count). The van der Waals surface area contributed by atoms with E-state index in [0.717, 1.165) is 17.9 Å². The average molecular weight is 372 g/mol. The molecule has 0 heterocycles. The molecule has 0 aromatic heterocycles. The van der Waals surface area contributed by atoms with Gasteiger partial charge in [0.05, 0.1) is 20.3 Å².